The number of alkyl halides is 6. The molecule has 214 valence electrons. The van der Waals surface area contributed by atoms with Crippen LogP contribution < -0.4 is 5.32 Å². The van der Waals surface area contributed by atoms with Crippen molar-refractivity contribution in [1.82, 2.24) is 5.32 Å². The summed E-state index contributed by atoms with van der Waals surface area (Å²) >= 11 is 11.9. The van der Waals surface area contributed by atoms with Gasteiger partial charge in [0.1, 0.15) is 11.7 Å². The average molecular weight is 620 g/mol. The SMILES string of the molecule is C=Cc1c(Cl)cc(C(/C=C(\F)c2ccc(C(=O)N[C@H](C)CS(=O)(=O)CC)c(C(F)(F)F)c2)C(F)(F)F)cc1Cl. The number of benzene rings is 2. The van der Waals surface area contributed by atoms with Gasteiger partial charge in [0.15, 0.2) is 9.84 Å². The zero-order valence-corrected chi connectivity index (χ0v) is 22.7. The average Bonchev–Trinajstić information content (AvgIpc) is 2.80. The van der Waals surface area contributed by atoms with Gasteiger partial charge in [0.05, 0.1) is 16.9 Å². The highest BCUT2D eigenvalue weighted by Gasteiger charge is 2.41. The lowest BCUT2D eigenvalue weighted by Gasteiger charge is -2.20. The van der Waals surface area contributed by atoms with Crippen LogP contribution in [0.5, 0.6) is 0 Å². The lowest BCUT2D eigenvalue weighted by Crippen LogP contribution is -2.38. The van der Waals surface area contributed by atoms with Crippen LogP contribution in [0.4, 0.5) is 30.7 Å². The Bertz CT molecular complexity index is 1360. The molecule has 0 aliphatic rings. The Balaban J connectivity index is 2.54. The number of amides is 1. The van der Waals surface area contributed by atoms with Crippen molar-refractivity contribution in [3.05, 3.63) is 80.8 Å². The Kier molecular flexibility index (Phi) is 10.3. The minimum Gasteiger partial charge on any atom is -0.349 e. The summed E-state index contributed by atoms with van der Waals surface area (Å²) in [5.41, 5.74) is -3.91. The molecule has 0 saturated carbocycles. The maximum absolute atomic E-state index is 15.0. The number of sulfone groups is 1. The standard InChI is InChI=1S/C25H22Cl2F7NO3S/c1-4-16-20(26)9-15(10-21(16)27)18(24(29,30)31)11-22(28)14-6-7-17(19(8-14)25(32,33)34)23(36)35-13(3)12-39(37,38)5-2/h4,6-11,13,18H,1,5,12H2,2-3H3,(H,35,36)/b22-11-/t13-,18?/m1/s1. The molecule has 1 N–H and O–H groups in total. The van der Waals surface area contributed by atoms with E-state index in [1.807, 2.05) is 0 Å². The molecule has 2 aromatic carbocycles. The molecule has 0 bridgehead atoms. The van der Waals surface area contributed by atoms with E-state index >= 15 is 4.39 Å². The molecule has 0 aliphatic carbocycles. The van der Waals surface area contributed by atoms with E-state index in [1.165, 1.54) is 19.9 Å². The molecule has 0 fully saturated rings. The van der Waals surface area contributed by atoms with Crippen LogP contribution in [-0.4, -0.2) is 38.0 Å². The molecule has 0 spiro atoms. The molecule has 0 saturated heterocycles. The van der Waals surface area contributed by atoms with E-state index in [0.29, 0.717) is 12.1 Å². The number of hydrogen-bond donors (Lipinski definition) is 1. The topological polar surface area (TPSA) is 63.2 Å². The first-order valence-electron chi connectivity index (χ1n) is 11.1. The number of carbonyl (C=O) groups excluding carboxylic acids is 1. The Morgan fingerprint density at radius 3 is 2.10 bits per heavy atom. The van der Waals surface area contributed by atoms with E-state index in [0.717, 1.165) is 12.1 Å². The number of carbonyl (C=O) groups is 1. The van der Waals surface area contributed by atoms with Crippen LogP contribution in [0, 0.1) is 0 Å². The van der Waals surface area contributed by atoms with Crippen LogP contribution in [-0.2, 0) is 16.0 Å². The second-order valence-corrected chi connectivity index (χ2v) is 11.7. The number of rotatable bonds is 9. The van der Waals surface area contributed by atoms with Crippen molar-refractivity contribution in [3.63, 3.8) is 0 Å². The first-order valence-corrected chi connectivity index (χ1v) is 13.7. The summed E-state index contributed by atoms with van der Waals surface area (Å²) in [6, 6.07) is 2.22. The van der Waals surface area contributed by atoms with E-state index in [9.17, 15) is 39.6 Å². The second-order valence-electron chi connectivity index (χ2n) is 8.47. The minimum atomic E-state index is -5.20. The van der Waals surface area contributed by atoms with E-state index < -0.39 is 73.9 Å². The molecule has 2 aromatic rings. The summed E-state index contributed by atoms with van der Waals surface area (Å²) in [5, 5.41) is 1.73. The van der Waals surface area contributed by atoms with Crippen LogP contribution in [0.3, 0.4) is 0 Å². The Morgan fingerprint density at radius 2 is 1.64 bits per heavy atom. The summed E-state index contributed by atoms with van der Waals surface area (Å²) in [6.45, 7) is 6.06. The highest BCUT2D eigenvalue weighted by atomic mass is 35.5. The van der Waals surface area contributed by atoms with Crippen LogP contribution >= 0.6 is 23.2 Å². The zero-order valence-electron chi connectivity index (χ0n) is 20.4. The predicted molar refractivity (Wildman–Crippen MR) is 137 cm³/mol. The van der Waals surface area contributed by atoms with Gasteiger partial charge in [-0.15, -0.1) is 0 Å². The summed E-state index contributed by atoms with van der Waals surface area (Å²) in [4.78, 5) is 12.5. The summed E-state index contributed by atoms with van der Waals surface area (Å²) in [7, 11) is -3.57. The molecule has 0 heterocycles. The summed E-state index contributed by atoms with van der Waals surface area (Å²) in [5.74, 6) is -6.37. The number of halogens is 9. The maximum Gasteiger partial charge on any atom is 0.417 e. The van der Waals surface area contributed by atoms with Gasteiger partial charge < -0.3 is 5.32 Å². The van der Waals surface area contributed by atoms with Gasteiger partial charge >= 0.3 is 12.4 Å². The molecular formula is C25H22Cl2F7NO3S. The van der Waals surface area contributed by atoms with Crippen LogP contribution in [0.15, 0.2) is 43.0 Å². The first kappa shape index (κ1) is 32.6. The highest BCUT2D eigenvalue weighted by Crippen LogP contribution is 2.42. The molecular weight excluding hydrogens is 598 g/mol. The lowest BCUT2D eigenvalue weighted by atomic mass is 9.94. The fourth-order valence-electron chi connectivity index (χ4n) is 3.57. The number of hydrogen-bond acceptors (Lipinski definition) is 3. The van der Waals surface area contributed by atoms with Gasteiger partial charge in [-0.25, -0.2) is 12.8 Å². The highest BCUT2D eigenvalue weighted by molar-refractivity contribution is 7.91. The minimum absolute atomic E-state index is 0.0719. The van der Waals surface area contributed by atoms with Crippen molar-refractivity contribution in [2.45, 2.75) is 38.2 Å². The largest absolute Gasteiger partial charge is 0.417 e. The first-order chi connectivity index (χ1) is 17.8. The lowest BCUT2D eigenvalue weighted by molar-refractivity contribution is -0.140. The van der Waals surface area contributed by atoms with Gasteiger partial charge in [0, 0.05) is 33.0 Å². The third-order valence-electron chi connectivity index (χ3n) is 5.50. The monoisotopic (exact) mass is 619 g/mol. The molecule has 4 nitrogen and oxygen atoms in total. The van der Waals surface area contributed by atoms with Gasteiger partial charge in [0.25, 0.3) is 5.91 Å². The predicted octanol–water partition coefficient (Wildman–Crippen LogP) is 7.86. The van der Waals surface area contributed by atoms with Gasteiger partial charge in [-0.1, -0.05) is 48.8 Å². The van der Waals surface area contributed by atoms with Gasteiger partial charge in [-0.3, -0.25) is 4.79 Å². The Morgan fingerprint density at radius 1 is 1.08 bits per heavy atom. The van der Waals surface area contributed by atoms with Crippen LogP contribution in [0.1, 0.15) is 52.4 Å². The molecule has 2 rings (SSSR count). The second kappa shape index (κ2) is 12.3. The number of allylic oxidation sites excluding steroid dienone is 1. The van der Waals surface area contributed by atoms with Gasteiger partial charge in [0.2, 0.25) is 0 Å². The van der Waals surface area contributed by atoms with Crippen LogP contribution in [0.25, 0.3) is 11.9 Å². The molecule has 39 heavy (non-hydrogen) atoms. The Hall–Kier alpha value is -2.57. The zero-order chi connectivity index (χ0) is 29.9. The normalized spacial score (nSPS) is 14.6. The van der Waals surface area contributed by atoms with Crippen molar-refractivity contribution >= 4 is 50.8 Å². The fourth-order valence-corrected chi connectivity index (χ4v) is 5.31. The van der Waals surface area contributed by atoms with E-state index in [2.05, 4.69) is 11.9 Å². The quantitative estimate of drug-likeness (QED) is 0.291. The van der Waals surface area contributed by atoms with Gasteiger partial charge in [-0.2, -0.15) is 26.3 Å². The summed E-state index contributed by atoms with van der Waals surface area (Å²) < 4.78 is 121. The molecule has 0 aromatic heterocycles. The van der Waals surface area contributed by atoms with E-state index in [1.54, 1.807) is 0 Å². The smallest absolute Gasteiger partial charge is 0.349 e. The van der Waals surface area contributed by atoms with Crippen molar-refractivity contribution in [1.29, 1.82) is 0 Å². The molecule has 14 heteroatoms. The molecule has 2 atom stereocenters. The summed E-state index contributed by atoms with van der Waals surface area (Å²) in [6.07, 6.45) is -9.01. The molecule has 1 amide bonds. The fraction of sp³-hybridized carbons (Fsp3) is 0.320. The van der Waals surface area contributed by atoms with Crippen molar-refractivity contribution in [2.75, 3.05) is 11.5 Å². The van der Waals surface area contributed by atoms with E-state index in [-0.39, 0.29) is 33.5 Å². The van der Waals surface area contributed by atoms with Crippen molar-refractivity contribution < 1.29 is 43.9 Å². The van der Waals surface area contributed by atoms with Gasteiger partial charge in [-0.05, 0) is 42.8 Å². The van der Waals surface area contributed by atoms with Crippen LogP contribution in [0.2, 0.25) is 10.0 Å². The molecule has 0 aliphatic heterocycles. The third-order valence-corrected chi connectivity index (χ3v) is 8.01. The number of nitrogens with one attached hydrogen (secondary N) is 1. The van der Waals surface area contributed by atoms with Crippen molar-refractivity contribution in [2.24, 2.45) is 0 Å². The molecule has 1 unspecified atom stereocenters. The Labute approximate surface area is 230 Å². The maximum atomic E-state index is 15.0. The van der Waals surface area contributed by atoms with Crippen molar-refractivity contribution in [3.8, 4) is 0 Å². The van der Waals surface area contributed by atoms with E-state index in [4.69, 9.17) is 23.2 Å². The molecule has 0 radical (unpaired) electrons. The third kappa shape index (κ3) is 8.46.